The van der Waals surface area contributed by atoms with Crippen LogP contribution in [0.3, 0.4) is 0 Å². The van der Waals surface area contributed by atoms with Gasteiger partial charge in [0.15, 0.2) is 0 Å². The molecule has 2 nitrogen and oxygen atoms in total. The molecule has 0 saturated heterocycles. The van der Waals surface area contributed by atoms with Crippen LogP contribution in [0.5, 0.6) is 0 Å². The monoisotopic (exact) mass is 245 g/mol. The van der Waals surface area contributed by atoms with Gasteiger partial charge in [-0.25, -0.2) is 0 Å². The lowest BCUT2D eigenvalue weighted by Crippen LogP contribution is -3.03. The lowest BCUT2D eigenvalue weighted by molar-refractivity contribution is -0.823. The van der Waals surface area contributed by atoms with Crippen molar-refractivity contribution in [1.29, 1.82) is 0 Å². The molecular weight excluding hydrogens is 210 g/mol. The Bertz CT molecular complexity index is 105. The van der Waals surface area contributed by atoms with Crippen molar-refractivity contribution in [3.05, 3.63) is 5.21 Å². The average Bonchev–Trinajstić information content (AvgIpc) is 2.33. The van der Waals surface area contributed by atoms with Crippen LogP contribution in [-0.4, -0.2) is 13.6 Å². The molecule has 0 rings (SSSR count). The highest BCUT2D eigenvalue weighted by molar-refractivity contribution is 4.45. The highest BCUT2D eigenvalue weighted by atomic mass is 16.5. The maximum absolute atomic E-state index is 9.81. The number of hydroxylamine groups is 2. The molecule has 1 atom stereocenters. The lowest BCUT2D eigenvalue weighted by atomic mass is 10.1. The Morgan fingerprint density at radius 1 is 0.647 bits per heavy atom. The van der Waals surface area contributed by atoms with Crippen molar-refractivity contribution in [2.75, 3.05) is 13.6 Å². The van der Waals surface area contributed by atoms with Crippen LogP contribution in [0, 0.1) is 5.21 Å². The summed E-state index contributed by atoms with van der Waals surface area (Å²) in [5.74, 6) is 0. The predicted octanol–water partition coefficient (Wildman–Crippen LogP) is 3.95. The molecule has 1 N–H and O–H groups in total. The van der Waals surface area contributed by atoms with Crippen LogP contribution < -0.4 is 5.06 Å². The molecule has 0 aromatic carbocycles. The molecule has 0 heterocycles. The third-order valence-electron chi connectivity index (χ3n) is 2.95. The summed E-state index contributed by atoms with van der Waals surface area (Å²) in [6, 6.07) is 0. The number of hydrogen-bond donors (Lipinski definition) is 1. The van der Waals surface area contributed by atoms with E-state index in [2.05, 4.69) is 13.8 Å². The van der Waals surface area contributed by atoms with Gasteiger partial charge in [0.1, 0.15) is 0 Å². The molecule has 0 bridgehead atoms. The van der Waals surface area contributed by atoms with Gasteiger partial charge in [0.25, 0.3) is 0 Å². The molecule has 1 unspecified atom stereocenters. The summed E-state index contributed by atoms with van der Waals surface area (Å²) in [7, 11) is 1.58. The molecule has 0 fully saturated rings. The second-order valence-corrected chi connectivity index (χ2v) is 4.88. The van der Waals surface area contributed by atoms with E-state index in [1.807, 2.05) is 6.92 Å². The van der Waals surface area contributed by atoms with Gasteiger partial charge in [0, 0.05) is 0 Å². The molecule has 2 heteroatoms. The van der Waals surface area contributed by atoms with Crippen molar-refractivity contribution in [2.24, 2.45) is 0 Å². The van der Waals surface area contributed by atoms with Crippen LogP contribution >= 0.6 is 0 Å². The largest absolute Gasteiger partial charge is 0.634 e. The fourth-order valence-corrected chi connectivity index (χ4v) is 1.56. The SMILES string of the molecule is CCCCCCCCCCCC.CC[NH+](C)[O-]. The fourth-order valence-electron chi connectivity index (χ4n) is 1.56. The highest BCUT2D eigenvalue weighted by Crippen LogP contribution is 2.09. The zero-order valence-corrected chi connectivity index (χ0v) is 12.7. The highest BCUT2D eigenvalue weighted by Gasteiger charge is 1.90. The van der Waals surface area contributed by atoms with Gasteiger partial charge >= 0.3 is 0 Å². The van der Waals surface area contributed by atoms with Crippen LogP contribution in [0.1, 0.15) is 85.0 Å². The number of nitrogens with one attached hydrogen (secondary N) is 1. The van der Waals surface area contributed by atoms with E-state index in [0.29, 0.717) is 6.54 Å². The van der Waals surface area contributed by atoms with Crippen LogP contribution in [0.25, 0.3) is 0 Å². The van der Waals surface area contributed by atoms with Gasteiger partial charge in [0.2, 0.25) is 0 Å². The zero-order chi connectivity index (χ0) is 13.4. The van der Waals surface area contributed by atoms with Crippen LogP contribution in [-0.2, 0) is 0 Å². The number of quaternary nitrogens is 1. The van der Waals surface area contributed by atoms with Gasteiger partial charge in [-0.1, -0.05) is 78.1 Å². The third-order valence-corrected chi connectivity index (χ3v) is 2.95. The first kappa shape index (κ1) is 19.3. The minimum absolute atomic E-state index is 0.255. The van der Waals surface area contributed by atoms with Gasteiger partial charge in [-0.2, -0.15) is 0 Å². The van der Waals surface area contributed by atoms with E-state index in [1.165, 1.54) is 64.2 Å². The smallest absolute Gasteiger partial charge is 0.0737 e. The molecular formula is C15H35NO. The second kappa shape index (κ2) is 18.3. The van der Waals surface area contributed by atoms with Crippen molar-refractivity contribution in [1.82, 2.24) is 0 Å². The average molecular weight is 245 g/mol. The van der Waals surface area contributed by atoms with E-state index < -0.39 is 0 Å². The summed E-state index contributed by atoms with van der Waals surface area (Å²) >= 11 is 0. The maximum Gasteiger partial charge on any atom is 0.0737 e. The Morgan fingerprint density at radius 2 is 0.882 bits per heavy atom. The quantitative estimate of drug-likeness (QED) is 0.458. The number of rotatable bonds is 10. The van der Waals surface area contributed by atoms with E-state index >= 15 is 0 Å². The molecule has 0 radical (unpaired) electrons. The molecule has 0 aromatic rings. The van der Waals surface area contributed by atoms with Crippen molar-refractivity contribution >= 4 is 0 Å². The number of unbranched alkanes of at least 4 members (excludes halogenated alkanes) is 9. The summed E-state index contributed by atoms with van der Waals surface area (Å²) in [6.07, 6.45) is 14.4. The van der Waals surface area contributed by atoms with E-state index in [0.717, 1.165) is 0 Å². The topological polar surface area (TPSA) is 27.5 Å². The molecule has 106 valence electrons. The van der Waals surface area contributed by atoms with Gasteiger partial charge in [-0.05, 0) is 6.92 Å². The van der Waals surface area contributed by atoms with Crippen LogP contribution in [0.4, 0.5) is 0 Å². The molecule has 0 aliphatic carbocycles. The Hall–Kier alpha value is -0.0800. The summed E-state index contributed by atoms with van der Waals surface area (Å²) in [6.45, 7) is 7.07. The molecule has 0 amide bonds. The lowest BCUT2D eigenvalue weighted by Gasteiger charge is -2.10. The van der Waals surface area contributed by atoms with E-state index in [9.17, 15) is 5.21 Å². The van der Waals surface area contributed by atoms with E-state index in [-0.39, 0.29) is 5.06 Å². The maximum atomic E-state index is 9.81. The summed E-state index contributed by atoms with van der Waals surface area (Å²) in [4.78, 5) is 0. The first-order valence-corrected chi connectivity index (χ1v) is 7.68. The van der Waals surface area contributed by atoms with Gasteiger partial charge in [-0.15, -0.1) is 0 Å². The minimum Gasteiger partial charge on any atom is -0.634 e. The Labute approximate surface area is 109 Å². The summed E-state index contributed by atoms with van der Waals surface area (Å²) in [5.41, 5.74) is 0. The zero-order valence-electron chi connectivity index (χ0n) is 12.7. The van der Waals surface area contributed by atoms with Gasteiger partial charge < -0.3 is 10.3 Å². The molecule has 0 spiro atoms. The Kier molecular flexibility index (Phi) is 20.7. The molecule has 0 saturated carbocycles. The summed E-state index contributed by atoms with van der Waals surface area (Å²) in [5, 5.41) is 10.1. The molecule has 0 aromatic heterocycles. The van der Waals surface area contributed by atoms with Crippen molar-refractivity contribution in [3.63, 3.8) is 0 Å². The van der Waals surface area contributed by atoms with Crippen molar-refractivity contribution in [2.45, 2.75) is 85.0 Å². The van der Waals surface area contributed by atoms with Gasteiger partial charge in [0.05, 0.1) is 13.6 Å². The Balaban J connectivity index is 0. The normalized spacial score (nSPS) is 11.8. The van der Waals surface area contributed by atoms with Crippen LogP contribution in [0.15, 0.2) is 0 Å². The molecule has 0 aliphatic rings. The first-order valence-electron chi connectivity index (χ1n) is 7.68. The molecule has 17 heavy (non-hydrogen) atoms. The van der Waals surface area contributed by atoms with Crippen molar-refractivity contribution < 1.29 is 5.06 Å². The van der Waals surface area contributed by atoms with E-state index in [1.54, 1.807) is 7.05 Å². The predicted molar refractivity (Wildman–Crippen MR) is 78.3 cm³/mol. The van der Waals surface area contributed by atoms with Gasteiger partial charge in [-0.3, -0.25) is 0 Å². The number of hydrogen-bond acceptors (Lipinski definition) is 1. The van der Waals surface area contributed by atoms with Crippen LogP contribution in [0.2, 0.25) is 0 Å². The first-order chi connectivity index (χ1) is 8.18. The molecule has 0 aliphatic heterocycles. The minimum atomic E-state index is 0.255. The standard InChI is InChI=1S/C12H26.C3H9NO/c1-3-5-7-9-11-12-10-8-6-4-2;1-3-4(2)5/h3-12H2,1-2H3;4H,3H2,1-2H3. The fraction of sp³-hybridized carbons (Fsp3) is 1.00. The second-order valence-electron chi connectivity index (χ2n) is 4.88. The summed E-state index contributed by atoms with van der Waals surface area (Å²) < 4.78 is 0. The van der Waals surface area contributed by atoms with E-state index in [4.69, 9.17) is 0 Å². The van der Waals surface area contributed by atoms with Crippen molar-refractivity contribution in [3.8, 4) is 0 Å². The Morgan fingerprint density at radius 3 is 1.06 bits per heavy atom. The third kappa shape index (κ3) is 25.9.